The largest absolute Gasteiger partial charge is 0.493 e. The van der Waals surface area contributed by atoms with E-state index in [1.165, 1.54) is 12.8 Å². The van der Waals surface area contributed by atoms with Crippen LogP contribution < -0.4 is 14.8 Å². The van der Waals surface area contributed by atoms with Crippen LogP contribution >= 0.6 is 0 Å². The fraction of sp³-hybridized carbons (Fsp3) is 0.760. The van der Waals surface area contributed by atoms with E-state index in [9.17, 15) is 10.2 Å². The third-order valence-electron chi connectivity index (χ3n) is 6.48. The summed E-state index contributed by atoms with van der Waals surface area (Å²) in [5.41, 5.74) is 1.14. The van der Waals surface area contributed by atoms with Crippen LogP contribution in [0.25, 0.3) is 0 Å². The topological polar surface area (TPSA) is 83.4 Å². The van der Waals surface area contributed by atoms with Crippen LogP contribution in [0.15, 0.2) is 18.2 Å². The molecular formula is C25H42N2O5. The zero-order valence-corrected chi connectivity index (χ0v) is 20.0. The van der Waals surface area contributed by atoms with E-state index in [4.69, 9.17) is 14.2 Å². The Bertz CT molecular complexity index is 686. The van der Waals surface area contributed by atoms with Crippen molar-refractivity contribution in [1.82, 2.24) is 10.2 Å². The molecule has 7 nitrogen and oxygen atoms in total. The van der Waals surface area contributed by atoms with Gasteiger partial charge in [-0.3, -0.25) is 4.90 Å². The molecule has 3 N–H and O–H groups in total. The summed E-state index contributed by atoms with van der Waals surface area (Å²) >= 11 is 0. The van der Waals surface area contributed by atoms with Crippen LogP contribution in [0.3, 0.4) is 0 Å². The van der Waals surface area contributed by atoms with Crippen LogP contribution in [-0.4, -0.2) is 85.5 Å². The van der Waals surface area contributed by atoms with Crippen molar-refractivity contribution in [2.45, 2.75) is 82.8 Å². The van der Waals surface area contributed by atoms with E-state index in [1.807, 2.05) is 32.0 Å². The number of likely N-dealkylation sites (tertiary alicyclic amines) is 1. The number of aliphatic hydroxyl groups is 2. The average Bonchev–Trinajstić information content (AvgIpc) is 3.23. The molecular weight excluding hydrogens is 408 g/mol. The van der Waals surface area contributed by atoms with E-state index < -0.39 is 6.10 Å². The Kier molecular flexibility index (Phi) is 10.1. The second kappa shape index (κ2) is 12.8. The predicted molar refractivity (Wildman–Crippen MR) is 126 cm³/mol. The number of aliphatic hydroxyl groups excluding tert-OH is 2. The van der Waals surface area contributed by atoms with Crippen LogP contribution in [0, 0.1) is 0 Å². The molecule has 2 aliphatic rings. The van der Waals surface area contributed by atoms with Gasteiger partial charge < -0.3 is 29.7 Å². The van der Waals surface area contributed by atoms with Crippen LogP contribution in [0.2, 0.25) is 0 Å². The van der Waals surface area contributed by atoms with Crippen molar-refractivity contribution in [2.24, 2.45) is 0 Å². The Morgan fingerprint density at radius 2 is 1.97 bits per heavy atom. The lowest BCUT2D eigenvalue weighted by atomic mass is 9.91. The molecule has 3 rings (SSSR count). The molecule has 4 atom stereocenters. The van der Waals surface area contributed by atoms with E-state index in [-0.39, 0.29) is 18.8 Å². The number of rotatable bonds is 12. The smallest absolute Gasteiger partial charge is 0.161 e. The third kappa shape index (κ3) is 7.59. The van der Waals surface area contributed by atoms with Gasteiger partial charge in [0.2, 0.25) is 0 Å². The lowest BCUT2D eigenvalue weighted by Crippen LogP contribution is -2.46. The minimum atomic E-state index is -0.574. The maximum Gasteiger partial charge on any atom is 0.161 e. The van der Waals surface area contributed by atoms with Gasteiger partial charge in [-0.15, -0.1) is 0 Å². The summed E-state index contributed by atoms with van der Waals surface area (Å²) < 4.78 is 17.6. The van der Waals surface area contributed by atoms with Crippen LogP contribution in [0.5, 0.6) is 11.5 Å². The van der Waals surface area contributed by atoms with Crippen LogP contribution in [0.1, 0.15) is 51.5 Å². The van der Waals surface area contributed by atoms with Gasteiger partial charge in [0.05, 0.1) is 25.9 Å². The highest BCUT2D eigenvalue weighted by Gasteiger charge is 2.34. The standard InChI is InChI=1S/C25H42N2O5/c1-18(2)26-15-21(29)17-32-24-9-8-19(14-25(24)30-3)11-13-31-23-7-5-4-6-22(23)27-12-10-20(28)16-27/h8-9,14,18,20-23,26,28-29H,4-7,10-13,15-17H2,1-3H3/t20?,21-,22+,23-/m0/s1. The summed E-state index contributed by atoms with van der Waals surface area (Å²) in [6.07, 6.45) is 5.91. The minimum Gasteiger partial charge on any atom is -0.493 e. The van der Waals surface area contributed by atoms with E-state index in [0.717, 1.165) is 44.3 Å². The van der Waals surface area contributed by atoms with E-state index >= 15 is 0 Å². The second-order valence-corrected chi connectivity index (χ2v) is 9.46. The van der Waals surface area contributed by atoms with Gasteiger partial charge in [-0.25, -0.2) is 0 Å². The molecule has 1 saturated carbocycles. The second-order valence-electron chi connectivity index (χ2n) is 9.46. The summed E-state index contributed by atoms with van der Waals surface area (Å²) in [5.74, 6) is 1.31. The van der Waals surface area contributed by atoms with Gasteiger partial charge in [-0.1, -0.05) is 32.8 Å². The van der Waals surface area contributed by atoms with Crippen molar-refractivity contribution in [2.75, 3.05) is 40.0 Å². The van der Waals surface area contributed by atoms with Crippen molar-refractivity contribution in [3.8, 4) is 11.5 Å². The molecule has 1 aromatic carbocycles. The molecule has 1 heterocycles. The lowest BCUT2D eigenvalue weighted by Gasteiger charge is -2.37. The van der Waals surface area contributed by atoms with Gasteiger partial charge in [0.25, 0.3) is 0 Å². The molecule has 182 valence electrons. The van der Waals surface area contributed by atoms with Crippen molar-refractivity contribution in [3.63, 3.8) is 0 Å². The average molecular weight is 451 g/mol. The van der Waals surface area contributed by atoms with Crippen molar-refractivity contribution >= 4 is 0 Å². The number of nitrogens with one attached hydrogen (secondary N) is 1. The van der Waals surface area contributed by atoms with Gasteiger partial charge >= 0.3 is 0 Å². The fourth-order valence-electron chi connectivity index (χ4n) is 4.69. The first-order chi connectivity index (χ1) is 15.5. The van der Waals surface area contributed by atoms with Crippen molar-refractivity contribution in [3.05, 3.63) is 23.8 Å². The van der Waals surface area contributed by atoms with E-state index in [1.54, 1.807) is 7.11 Å². The first-order valence-electron chi connectivity index (χ1n) is 12.2. The molecule has 32 heavy (non-hydrogen) atoms. The highest BCUT2D eigenvalue weighted by atomic mass is 16.5. The number of nitrogens with zero attached hydrogens (tertiary/aromatic N) is 1. The van der Waals surface area contributed by atoms with Gasteiger partial charge in [0.15, 0.2) is 11.5 Å². The summed E-state index contributed by atoms with van der Waals surface area (Å²) in [5, 5.41) is 23.2. The monoisotopic (exact) mass is 450 g/mol. The normalized spacial score (nSPS) is 25.2. The van der Waals surface area contributed by atoms with Gasteiger partial charge in [-0.05, 0) is 43.4 Å². The zero-order valence-electron chi connectivity index (χ0n) is 20.0. The minimum absolute atomic E-state index is 0.182. The Morgan fingerprint density at radius 3 is 2.69 bits per heavy atom. The molecule has 2 fully saturated rings. The molecule has 0 radical (unpaired) electrons. The molecule has 0 aromatic heterocycles. The highest BCUT2D eigenvalue weighted by molar-refractivity contribution is 5.43. The van der Waals surface area contributed by atoms with Gasteiger partial charge in [0, 0.05) is 31.7 Å². The Balaban J connectivity index is 1.47. The number of benzene rings is 1. The van der Waals surface area contributed by atoms with Crippen molar-refractivity contribution in [1.29, 1.82) is 0 Å². The Labute approximate surface area is 193 Å². The molecule has 0 spiro atoms. The number of β-amino-alcohol motifs (C(OH)–C–C–N with tert-alkyl or cyclic N) is 1. The van der Waals surface area contributed by atoms with Crippen molar-refractivity contribution < 1.29 is 24.4 Å². The molecule has 1 aliphatic carbocycles. The maximum absolute atomic E-state index is 10.1. The number of methoxy groups -OCH3 is 1. The third-order valence-corrected chi connectivity index (χ3v) is 6.48. The zero-order chi connectivity index (χ0) is 22.9. The quantitative estimate of drug-likeness (QED) is 0.451. The molecule has 7 heteroatoms. The number of hydrogen-bond acceptors (Lipinski definition) is 7. The maximum atomic E-state index is 10.1. The van der Waals surface area contributed by atoms with E-state index in [2.05, 4.69) is 10.2 Å². The summed E-state index contributed by atoms with van der Waals surface area (Å²) in [6.45, 7) is 7.23. The molecule has 1 aromatic rings. The first kappa shape index (κ1) is 25.2. The van der Waals surface area contributed by atoms with Crippen LogP contribution in [0.4, 0.5) is 0 Å². The number of hydrogen-bond donors (Lipinski definition) is 3. The molecule has 0 amide bonds. The van der Waals surface area contributed by atoms with Gasteiger partial charge in [-0.2, -0.15) is 0 Å². The van der Waals surface area contributed by atoms with Gasteiger partial charge in [0.1, 0.15) is 12.7 Å². The summed E-state index contributed by atoms with van der Waals surface area (Å²) in [6, 6.07) is 6.70. The van der Waals surface area contributed by atoms with Crippen LogP contribution in [-0.2, 0) is 11.2 Å². The first-order valence-corrected chi connectivity index (χ1v) is 12.2. The SMILES string of the molecule is COc1cc(CCO[C@H]2CCCC[C@H]2N2CCC(O)C2)ccc1OC[C@@H](O)CNC(C)C. The number of ether oxygens (including phenoxy) is 3. The predicted octanol–water partition coefficient (Wildman–Crippen LogP) is 2.37. The highest BCUT2D eigenvalue weighted by Crippen LogP contribution is 2.30. The molecule has 1 aliphatic heterocycles. The molecule has 1 unspecified atom stereocenters. The fourth-order valence-corrected chi connectivity index (χ4v) is 4.69. The van der Waals surface area contributed by atoms with E-state index in [0.29, 0.717) is 36.7 Å². The summed E-state index contributed by atoms with van der Waals surface area (Å²) in [7, 11) is 1.64. The molecule has 1 saturated heterocycles. The lowest BCUT2D eigenvalue weighted by molar-refractivity contribution is -0.0316. The molecule has 0 bridgehead atoms. The summed E-state index contributed by atoms with van der Waals surface area (Å²) in [4.78, 5) is 2.43. The Hall–Kier alpha value is -1.38. The Morgan fingerprint density at radius 1 is 1.16 bits per heavy atom.